The van der Waals surface area contributed by atoms with Crippen LogP contribution in [-0.2, 0) is 4.79 Å². The van der Waals surface area contributed by atoms with E-state index in [4.69, 9.17) is 9.47 Å². The molecule has 11 heteroatoms. The van der Waals surface area contributed by atoms with E-state index < -0.39 is 42.1 Å². The third kappa shape index (κ3) is 5.50. The summed E-state index contributed by atoms with van der Waals surface area (Å²) in [5.41, 5.74) is 0.138. The number of hydrazone groups is 1. The van der Waals surface area contributed by atoms with Gasteiger partial charge in [-0.15, -0.1) is 0 Å². The molecule has 2 heterocycles. The van der Waals surface area contributed by atoms with Crippen LogP contribution in [0.3, 0.4) is 0 Å². The van der Waals surface area contributed by atoms with E-state index in [-0.39, 0.29) is 11.9 Å². The Balaban J connectivity index is 1.39. The molecule has 2 aliphatic rings. The number of benzene rings is 2. The van der Waals surface area contributed by atoms with Gasteiger partial charge in [-0.25, -0.2) is 4.39 Å². The van der Waals surface area contributed by atoms with Crippen LogP contribution in [0.25, 0.3) is 0 Å². The highest BCUT2D eigenvalue weighted by Gasteiger charge is 2.48. The quantitative estimate of drug-likeness (QED) is 0.524. The molecule has 36 heavy (non-hydrogen) atoms. The average molecular weight is 510 g/mol. The zero-order valence-corrected chi connectivity index (χ0v) is 19.8. The molecule has 0 aromatic heterocycles. The number of methoxy groups -OCH3 is 1. The summed E-state index contributed by atoms with van der Waals surface area (Å²) in [4.78, 5) is 13.3. The van der Waals surface area contributed by atoms with Crippen LogP contribution >= 0.6 is 0 Å². The van der Waals surface area contributed by atoms with Crippen LogP contribution < -0.4 is 19.4 Å². The Bertz CT molecular complexity index is 1120. The Labute approximate surface area is 205 Å². The highest BCUT2D eigenvalue weighted by atomic mass is 19.4. The highest BCUT2D eigenvalue weighted by Crippen LogP contribution is 2.37. The molecule has 194 valence electrons. The van der Waals surface area contributed by atoms with Crippen LogP contribution in [0.4, 0.5) is 28.9 Å². The van der Waals surface area contributed by atoms with Gasteiger partial charge in [0.25, 0.3) is 0 Å². The highest BCUT2D eigenvalue weighted by molar-refractivity contribution is 5.95. The first-order valence-electron chi connectivity index (χ1n) is 11.6. The molecule has 1 fully saturated rings. The molecule has 2 atom stereocenters. The minimum Gasteiger partial charge on any atom is -0.494 e. The number of carboxylic acids is 1. The van der Waals surface area contributed by atoms with Gasteiger partial charge in [-0.3, -0.25) is 9.80 Å². The molecular formula is C25H27F4N3O4. The molecule has 7 nitrogen and oxygen atoms in total. The second-order valence-electron chi connectivity index (χ2n) is 8.90. The van der Waals surface area contributed by atoms with Gasteiger partial charge in [-0.1, -0.05) is 6.92 Å². The fraction of sp³-hybridized carbons (Fsp3) is 0.440. The first kappa shape index (κ1) is 25.6. The number of halogens is 4. The van der Waals surface area contributed by atoms with E-state index in [0.717, 1.165) is 10.7 Å². The molecule has 0 aliphatic carbocycles. The molecule has 2 aromatic rings. The predicted octanol–water partition coefficient (Wildman–Crippen LogP) is 5.10. The molecule has 2 aromatic carbocycles. The van der Waals surface area contributed by atoms with E-state index in [0.29, 0.717) is 37.4 Å². The predicted molar refractivity (Wildman–Crippen MR) is 126 cm³/mol. The zero-order valence-electron chi connectivity index (χ0n) is 19.8. The Kier molecular flexibility index (Phi) is 7.28. The van der Waals surface area contributed by atoms with Crippen LogP contribution in [0.1, 0.15) is 26.2 Å². The Hall–Kier alpha value is -3.50. The molecule has 0 radical (unpaired) electrons. The normalized spacial score (nSPS) is 20.9. The van der Waals surface area contributed by atoms with Crippen molar-refractivity contribution >= 4 is 23.1 Å². The molecule has 1 saturated heterocycles. The topological polar surface area (TPSA) is 74.6 Å². The van der Waals surface area contributed by atoms with Gasteiger partial charge >= 0.3 is 12.1 Å². The molecule has 2 aliphatic heterocycles. The SMILES string of the molecule is COc1ccc(N2CCC(Oc3ccc(N4N=C(C(F)(F)F)[C@@H](C)[C@@H]4CC(=O)O)cc3)CC2)cc1F. The maximum atomic E-state index is 14.0. The summed E-state index contributed by atoms with van der Waals surface area (Å²) >= 11 is 0. The second-order valence-corrected chi connectivity index (χ2v) is 8.90. The summed E-state index contributed by atoms with van der Waals surface area (Å²) in [7, 11) is 1.42. The number of nitrogens with zero attached hydrogens (tertiary/aromatic N) is 3. The number of carbonyl (C=O) groups is 1. The molecule has 4 rings (SSSR count). The van der Waals surface area contributed by atoms with Crippen molar-refractivity contribution in [3.05, 3.63) is 48.3 Å². The molecule has 0 unspecified atom stereocenters. The lowest BCUT2D eigenvalue weighted by molar-refractivity contribution is -0.137. The van der Waals surface area contributed by atoms with Gasteiger partial charge in [0, 0.05) is 43.6 Å². The van der Waals surface area contributed by atoms with E-state index in [2.05, 4.69) is 10.0 Å². The van der Waals surface area contributed by atoms with Crippen molar-refractivity contribution in [2.24, 2.45) is 11.0 Å². The van der Waals surface area contributed by atoms with Gasteiger partial charge in [0.05, 0.1) is 25.3 Å². The van der Waals surface area contributed by atoms with Crippen LogP contribution in [0.15, 0.2) is 47.6 Å². The van der Waals surface area contributed by atoms with Gasteiger partial charge in [-0.05, 0) is 36.4 Å². The molecule has 0 saturated carbocycles. The van der Waals surface area contributed by atoms with Crippen LogP contribution in [0.2, 0.25) is 0 Å². The van der Waals surface area contributed by atoms with Crippen LogP contribution in [0.5, 0.6) is 11.5 Å². The fourth-order valence-electron chi connectivity index (χ4n) is 4.64. The van der Waals surface area contributed by atoms with E-state index in [1.807, 2.05) is 6.07 Å². The maximum absolute atomic E-state index is 14.0. The van der Waals surface area contributed by atoms with Crippen molar-refractivity contribution in [1.82, 2.24) is 0 Å². The maximum Gasteiger partial charge on any atom is 0.431 e. The number of hydrogen-bond acceptors (Lipinski definition) is 6. The number of anilines is 2. The minimum absolute atomic E-state index is 0.0726. The standard InChI is InChI=1S/C25H27F4N3O4/c1-15-21(14-23(33)34)32(30-24(15)25(27,28)29)16-3-6-18(7-4-16)36-19-9-11-31(12-10-19)17-5-8-22(35-2)20(26)13-17/h3-8,13,15,19,21H,9-12,14H2,1-2H3,(H,33,34)/t15-,21-/m0/s1. The smallest absolute Gasteiger partial charge is 0.431 e. The molecule has 0 spiro atoms. The summed E-state index contributed by atoms with van der Waals surface area (Å²) < 4.78 is 65.2. The van der Waals surface area contributed by atoms with Crippen molar-refractivity contribution in [3.8, 4) is 11.5 Å². The van der Waals surface area contributed by atoms with Crippen LogP contribution in [-0.4, -0.2) is 55.3 Å². The lowest BCUT2D eigenvalue weighted by Gasteiger charge is -2.34. The monoisotopic (exact) mass is 509 g/mol. The van der Waals surface area contributed by atoms with E-state index in [1.165, 1.54) is 20.1 Å². The Morgan fingerprint density at radius 2 is 1.75 bits per heavy atom. The van der Waals surface area contributed by atoms with E-state index in [9.17, 15) is 27.5 Å². The van der Waals surface area contributed by atoms with Gasteiger partial charge in [0.1, 0.15) is 17.6 Å². The number of alkyl halides is 3. The summed E-state index contributed by atoms with van der Waals surface area (Å²) in [6.45, 7) is 2.68. The van der Waals surface area contributed by atoms with Gasteiger partial charge in [-0.2, -0.15) is 18.3 Å². The number of carboxylic acid groups (broad SMARTS) is 1. The summed E-state index contributed by atoms with van der Waals surface area (Å²) in [6.07, 6.45) is -3.77. The fourth-order valence-corrected chi connectivity index (χ4v) is 4.64. The molecule has 1 N–H and O–H groups in total. The first-order chi connectivity index (χ1) is 17.1. The third-order valence-electron chi connectivity index (χ3n) is 6.56. The lowest BCUT2D eigenvalue weighted by Crippen LogP contribution is -2.38. The number of piperidine rings is 1. The second kappa shape index (κ2) is 10.2. The van der Waals surface area contributed by atoms with Crippen molar-refractivity contribution in [2.75, 3.05) is 30.1 Å². The largest absolute Gasteiger partial charge is 0.494 e. The van der Waals surface area contributed by atoms with Crippen LogP contribution in [0, 0.1) is 11.7 Å². The molecule has 0 bridgehead atoms. The zero-order chi connectivity index (χ0) is 26.0. The molecular weight excluding hydrogens is 482 g/mol. The number of aliphatic carboxylic acids is 1. The Morgan fingerprint density at radius 3 is 2.31 bits per heavy atom. The number of ether oxygens (including phenoxy) is 2. The number of hydrogen-bond donors (Lipinski definition) is 1. The first-order valence-corrected chi connectivity index (χ1v) is 11.6. The van der Waals surface area contributed by atoms with Crippen molar-refractivity contribution in [2.45, 2.75) is 44.5 Å². The summed E-state index contributed by atoms with van der Waals surface area (Å²) in [6, 6.07) is 10.3. The lowest BCUT2D eigenvalue weighted by atomic mass is 9.94. The van der Waals surface area contributed by atoms with Gasteiger partial charge < -0.3 is 19.5 Å². The van der Waals surface area contributed by atoms with Gasteiger partial charge in [0.15, 0.2) is 11.6 Å². The third-order valence-corrected chi connectivity index (χ3v) is 6.56. The van der Waals surface area contributed by atoms with E-state index >= 15 is 0 Å². The molecule has 0 amide bonds. The Morgan fingerprint density at radius 1 is 1.11 bits per heavy atom. The summed E-state index contributed by atoms with van der Waals surface area (Å²) in [5.74, 6) is -1.95. The summed E-state index contributed by atoms with van der Waals surface area (Å²) in [5, 5.41) is 14.1. The van der Waals surface area contributed by atoms with Crippen molar-refractivity contribution < 1.29 is 36.9 Å². The number of rotatable bonds is 7. The van der Waals surface area contributed by atoms with Gasteiger partial charge in [0.2, 0.25) is 0 Å². The van der Waals surface area contributed by atoms with E-state index in [1.54, 1.807) is 30.3 Å². The van der Waals surface area contributed by atoms with Crippen molar-refractivity contribution in [1.29, 1.82) is 0 Å². The average Bonchev–Trinajstić information content (AvgIpc) is 3.16. The minimum atomic E-state index is -4.64. The van der Waals surface area contributed by atoms with Crippen molar-refractivity contribution in [3.63, 3.8) is 0 Å².